The third kappa shape index (κ3) is 2.63. The summed E-state index contributed by atoms with van der Waals surface area (Å²) in [5.41, 5.74) is 8.03. The van der Waals surface area contributed by atoms with Crippen molar-refractivity contribution in [2.24, 2.45) is 5.73 Å². The summed E-state index contributed by atoms with van der Waals surface area (Å²) in [5.74, 6) is 1.70. The Balaban J connectivity index is 2.29. The van der Waals surface area contributed by atoms with Gasteiger partial charge in [-0.3, -0.25) is 0 Å². The van der Waals surface area contributed by atoms with Gasteiger partial charge < -0.3 is 15.5 Å². The second-order valence-electron chi connectivity index (χ2n) is 4.74. The van der Waals surface area contributed by atoms with Crippen molar-refractivity contribution in [2.45, 2.75) is 32.2 Å². The highest BCUT2D eigenvalue weighted by Crippen LogP contribution is 2.26. The van der Waals surface area contributed by atoms with Crippen molar-refractivity contribution in [2.75, 3.05) is 7.11 Å². The van der Waals surface area contributed by atoms with Crippen LogP contribution in [-0.4, -0.2) is 17.1 Å². The fraction of sp³-hybridized carbons (Fsp3) is 0.400. The first kappa shape index (κ1) is 13.6. The quantitative estimate of drug-likeness (QED) is 0.867. The van der Waals surface area contributed by atoms with E-state index in [1.165, 1.54) is 0 Å². The van der Waals surface area contributed by atoms with E-state index in [2.05, 4.69) is 23.8 Å². The Morgan fingerprint density at radius 3 is 2.37 bits per heavy atom. The number of imidazole rings is 1. The molecule has 0 saturated carbocycles. The van der Waals surface area contributed by atoms with E-state index < -0.39 is 0 Å². The fourth-order valence-electron chi connectivity index (χ4n) is 2.08. The molecule has 2 aromatic rings. The molecule has 0 spiro atoms. The summed E-state index contributed by atoms with van der Waals surface area (Å²) in [6.07, 6.45) is 3.56. The topological polar surface area (TPSA) is 63.9 Å². The first-order valence-corrected chi connectivity index (χ1v) is 6.61. The first-order chi connectivity index (χ1) is 9.12. The van der Waals surface area contributed by atoms with E-state index >= 15 is 0 Å². The Hall–Kier alpha value is -1.81. The van der Waals surface area contributed by atoms with E-state index in [-0.39, 0.29) is 5.54 Å². The van der Waals surface area contributed by atoms with Gasteiger partial charge in [-0.15, -0.1) is 0 Å². The average Bonchev–Trinajstić information content (AvgIpc) is 2.97. The second kappa shape index (κ2) is 5.45. The summed E-state index contributed by atoms with van der Waals surface area (Å²) in [7, 11) is 1.66. The van der Waals surface area contributed by atoms with Gasteiger partial charge in [-0.05, 0) is 42.7 Å². The number of methoxy groups -OCH3 is 1. The molecule has 0 amide bonds. The molecule has 19 heavy (non-hydrogen) atoms. The van der Waals surface area contributed by atoms with Crippen LogP contribution in [0.25, 0.3) is 11.3 Å². The Morgan fingerprint density at radius 2 is 1.84 bits per heavy atom. The largest absolute Gasteiger partial charge is 0.497 e. The summed E-state index contributed by atoms with van der Waals surface area (Å²) in [4.78, 5) is 7.77. The van der Waals surface area contributed by atoms with E-state index in [4.69, 9.17) is 10.5 Å². The molecule has 0 aliphatic heterocycles. The van der Waals surface area contributed by atoms with E-state index in [0.717, 1.165) is 35.7 Å². The van der Waals surface area contributed by atoms with Crippen molar-refractivity contribution in [3.05, 3.63) is 36.3 Å². The van der Waals surface area contributed by atoms with Crippen LogP contribution >= 0.6 is 0 Å². The van der Waals surface area contributed by atoms with Crippen molar-refractivity contribution in [1.29, 1.82) is 0 Å². The molecule has 0 aliphatic rings. The molecule has 0 atom stereocenters. The molecule has 0 saturated heterocycles. The van der Waals surface area contributed by atoms with Crippen LogP contribution in [0.5, 0.6) is 5.75 Å². The maximum atomic E-state index is 6.34. The molecule has 0 aliphatic carbocycles. The molecule has 3 N–H and O–H groups in total. The number of nitrogens with two attached hydrogens (primary N) is 1. The predicted octanol–water partition coefficient (Wildman–Crippen LogP) is 3.06. The summed E-state index contributed by atoms with van der Waals surface area (Å²) >= 11 is 0. The van der Waals surface area contributed by atoms with Crippen LogP contribution in [0.3, 0.4) is 0 Å². The van der Waals surface area contributed by atoms with E-state index in [1.807, 2.05) is 30.5 Å². The van der Waals surface area contributed by atoms with Crippen LogP contribution < -0.4 is 10.5 Å². The molecule has 0 bridgehead atoms. The van der Waals surface area contributed by atoms with Crippen LogP contribution in [0.4, 0.5) is 0 Å². The minimum Gasteiger partial charge on any atom is -0.497 e. The van der Waals surface area contributed by atoms with Crippen LogP contribution in [0.2, 0.25) is 0 Å². The number of aromatic nitrogens is 2. The van der Waals surface area contributed by atoms with Crippen molar-refractivity contribution in [3.63, 3.8) is 0 Å². The minimum atomic E-state index is -0.370. The van der Waals surface area contributed by atoms with Crippen molar-refractivity contribution >= 4 is 0 Å². The summed E-state index contributed by atoms with van der Waals surface area (Å²) < 4.78 is 5.15. The molecule has 2 rings (SSSR count). The van der Waals surface area contributed by atoms with E-state index in [1.54, 1.807) is 7.11 Å². The van der Waals surface area contributed by atoms with Gasteiger partial charge in [0.15, 0.2) is 0 Å². The lowest BCUT2D eigenvalue weighted by Crippen LogP contribution is -2.36. The highest BCUT2D eigenvalue weighted by molar-refractivity contribution is 5.59. The van der Waals surface area contributed by atoms with Crippen LogP contribution in [0.1, 0.15) is 32.5 Å². The number of ether oxygens (including phenoxy) is 1. The lowest BCUT2D eigenvalue weighted by atomic mass is 9.93. The number of aromatic amines is 1. The molecule has 0 radical (unpaired) electrons. The Bertz CT molecular complexity index is 527. The molecule has 4 nitrogen and oxygen atoms in total. The number of rotatable bonds is 5. The number of benzene rings is 1. The van der Waals surface area contributed by atoms with Crippen molar-refractivity contribution in [1.82, 2.24) is 9.97 Å². The normalized spacial score (nSPS) is 11.6. The van der Waals surface area contributed by atoms with Gasteiger partial charge in [0.05, 0.1) is 24.5 Å². The number of nitrogens with zero attached hydrogens (tertiary/aromatic N) is 1. The molecule has 102 valence electrons. The van der Waals surface area contributed by atoms with Gasteiger partial charge in [-0.25, -0.2) is 4.98 Å². The number of hydrogen-bond donors (Lipinski definition) is 2. The van der Waals surface area contributed by atoms with E-state index in [0.29, 0.717) is 0 Å². The monoisotopic (exact) mass is 259 g/mol. The van der Waals surface area contributed by atoms with Crippen LogP contribution in [0, 0.1) is 0 Å². The molecule has 1 heterocycles. The zero-order chi connectivity index (χ0) is 13.9. The van der Waals surface area contributed by atoms with Gasteiger partial charge in [0.25, 0.3) is 0 Å². The smallest absolute Gasteiger partial charge is 0.126 e. The fourth-order valence-corrected chi connectivity index (χ4v) is 2.08. The standard InChI is InChI=1S/C15H21N3O/c1-4-15(16,5-2)14-17-10-13(18-14)11-6-8-12(19-3)9-7-11/h6-10H,4-5,16H2,1-3H3,(H,17,18). The molecule has 1 aromatic heterocycles. The molecule has 0 fully saturated rings. The maximum Gasteiger partial charge on any atom is 0.126 e. The summed E-state index contributed by atoms with van der Waals surface area (Å²) in [6, 6.07) is 7.88. The highest BCUT2D eigenvalue weighted by Gasteiger charge is 2.26. The number of nitrogens with one attached hydrogen (secondary N) is 1. The zero-order valence-corrected chi connectivity index (χ0v) is 11.7. The van der Waals surface area contributed by atoms with Crippen LogP contribution in [0.15, 0.2) is 30.5 Å². The molecular formula is C15H21N3O. The van der Waals surface area contributed by atoms with Crippen molar-refractivity contribution in [3.8, 4) is 17.0 Å². The highest BCUT2D eigenvalue weighted by atomic mass is 16.5. The van der Waals surface area contributed by atoms with Crippen molar-refractivity contribution < 1.29 is 4.74 Å². The van der Waals surface area contributed by atoms with Crippen LogP contribution in [-0.2, 0) is 5.54 Å². The molecule has 1 aromatic carbocycles. The van der Waals surface area contributed by atoms with Gasteiger partial charge in [-0.1, -0.05) is 13.8 Å². The van der Waals surface area contributed by atoms with Gasteiger partial charge in [-0.2, -0.15) is 0 Å². The summed E-state index contributed by atoms with van der Waals surface area (Å²) in [5, 5.41) is 0. The van der Waals surface area contributed by atoms with Gasteiger partial charge >= 0.3 is 0 Å². The average molecular weight is 259 g/mol. The molecular weight excluding hydrogens is 238 g/mol. The van der Waals surface area contributed by atoms with Gasteiger partial charge in [0.2, 0.25) is 0 Å². The minimum absolute atomic E-state index is 0.370. The SMILES string of the molecule is CCC(N)(CC)c1ncc(-c2ccc(OC)cc2)[nH]1. The van der Waals surface area contributed by atoms with E-state index in [9.17, 15) is 0 Å². The summed E-state index contributed by atoms with van der Waals surface area (Å²) in [6.45, 7) is 4.16. The third-order valence-electron chi connectivity index (χ3n) is 3.71. The number of hydrogen-bond acceptors (Lipinski definition) is 3. The Morgan fingerprint density at radius 1 is 1.21 bits per heavy atom. The third-order valence-corrected chi connectivity index (χ3v) is 3.71. The van der Waals surface area contributed by atoms with Gasteiger partial charge in [0, 0.05) is 0 Å². The Kier molecular flexibility index (Phi) is 3.90. The second-order valence-corrected chi connectivity index (χ2v) is 4.74. The maximum absolute atomic E-state index is 6.34. The molecule has 0 unspecified atom stereocenters. The lowest BCUT2D eigenvalue weighted by molar-refractivity contribution is 0.391. The first-order valence-electron chi connectivity index (χ1n) is 6.61. The van der Waals surface area contributed by atoms with Gasteiger partial charge in [0.1, 0.15) is 11.6 Å². The zero-order valence-electron chi connectivity index (χ0n) is 11.7. The lowest BCUT2D eigenvalue weighted by Gasteiger charge is -2.23. The number of H-pyrrole nitrogens is 1. The predicted molar refractivity (Wildman–Crippen MR) is 77.0 cm³/mol. The molecule has 4 heteroatoms. The Labute approximate surface area is 114 Å².